The molecule has 0 radical (unpaired) electrons. The lowest BCUT2D eigenvalue weighted by Crippen LogP contribution is -2.24. The minimum atomic E-state index is -0.225. The van der Waals surface area contributed by atoms with E-state index in [9.17, 15) is 4.39 Å². The van der Waals surface area contributed by atoms with Gasteiger partial charge in [0.25, 0.3) is 0 Å². The topological polar surface area (TPSA) is 35.2 Å². The third-order valence-electron chi connectivity index (χ3n) is 3.45. The minimum absolute atomic E-state index is 0.0413. The van der Waals surface area contributed by atoms with E-state index in [0.717, 1.165) is 28.0 Å². The van der Waals surface area contributed by atoms with E-state index >= 15 is 0 Å². The highest BCUT2D eigenvalue weighted by molar-refractivity contribution is 5.73. The largest absolute Gasteiger partial charge is 0.488 e. The molecule has 3 rings (SSSR count). The summed E-state index contributed by atoms with van der Waals surface area (Å²) in [5.74, 6) is 0.555. The fraction of sp³-hybridized carbons (Fsp3) is 0.250. The third-order valence-corrected chi connectivity index (χ3v) is 3.45. The van der Waals surface area contributed by atoms with E-state index in [-0.39, 0.29) is 11.9 Å². The summed E-state index contributed by atoms with van der Waals surface area (Å²) in [4.78, 5) is 0. The Balaban J connectivity index is 2.13. The van der Waals surface area contributed by atoms with Crippen molar-refractivity contribution in [3.05, 3.63) is 53.3 Å². The van der Waals surface area contributed by atoms with Crippen LogP contribution in [0, 0.1) is 12.7 Å². The van der Waals surface area contributed by atoms with Gasteiger partial charge in [0.05, 0.1) is 0 Å². The molecule has 0 amide bonds. The molecule has 0 spiro atoms. The lowest BCUT2D eigenvalue weighted by Gasteiger charge is -2.11. The maximum absolute atomic E-state index is 13.8. The van der Waals surface area contributed by atoms with Crippen molar-refractivity contribution < 1.29 is 9.13 Å². The lowest BCUT2D eigenvalue weighted by molar-refractivity contribution is 0.242. The van der Waals surface area contributed by atoms with Gasteiger partial charge in [0, 0.05) is 24.1 Å². The molecular weight excluding hydrogens is 241 g/mol. The predicted octanol–water partition coefficient (Wildman–Crippen LogP) is 3.06. The second kappa shape index (κ2) is 4.67. The summed E-state index contributed by atoms with van der Waals surface area (Å²) < 4.78 is 19.6. The van der Waals surface area contributed by atoms with Crippen molar-refractivity contribution in [3.63, 3.8) is 0 Å². The Morgan fingerprint density at radius 3 is 2.89 bits per heavy atom. The van der Waals surface area contributed by atoms with E-state index in [1.54, 1.807) is 6.07 Å². The van der Waals surface area contributed by atoms with Gasteiger partial charge in [0.1, 0.15) is 17.7 Å². The molecular formula is C16H16FNO. The van der Waals surface area contributed by atoms with Gasteiger partial charge in [-0.2, -0.15) is 0 Å². The molecule has 0 saturated carbocycles. The minimum Gasteiger partial charge on any atom is -0.488 e. The number of aryl methyl sites for hydroxylation is 1. The van der Waals surface area contributed by atoms with Crippen LogP contribution in [0.25, 0.3) is 11.1 Å². The van der Waals surface area contributed by atoms with Crippen LogP contribution in [0.15, 0.2) is 36.4 Å². The van der Waals surface area contributed by atoms with Crippen LogP contribution < -0.4 is 10.5 Å². The zero-order chi connectivity index (χ0) is 13.4. The fourth-order valence-corrected chi connectivity index (χ4v) is 2.55. The first-order chi connectivity index (χ1) is 9.17. The Kier molecular flexibility index (Phi) is 2.99. The molecule has 0 fully saturated rings. The molecule has 3 heteroatoms. The van der Waals surface area contributed by atoms with Crippen molar-refractivity contribution >= 4 is 0 Å². The van der Waals surface area contributed by atoms with Gasteiger partial charge < -0.3 is 10.5 Å². The number of fused-ring (bicyclic) bond motifs is 1. The molecule has 0 bridgehead atoms. The summed E-state index contributed by atoms with van der Waals surface area (Å²) in [6, 6.07) is 11.1. The summed E-state index contributed by atoms with van der Waals surface area (Å²) in [5, 5.41) is 0. The average Bonchev–Trinajstić information content (AvgIpc) is 2.80. The van der Waals surface area contributed by atoms with Crippen molar-refractivity contribution in [1.29, 1.82) is 0 Å². The quantitative estimate of drug-likeness (QED) is 0.897. The second-order valence-corrected chi connectivity index (χ2v) is 4.99. The van der Waals surface area contributed by atoms with Gasteiger partial charge >= 0.3 is 0 Å². The first-order valence-electron chi connectivity index (χ1n) is 6.43. The van der Waals surface area contributed by atoms with Gasteiger partial charge in [-0.3, -0.25) is 0 Å². The molecule has 2 N–H and O–H groups in total. The van der Waals surface area contributed by atoms with E-state index in [1.807, 2.05) is 31.2 Å². The van der Waals surface area contributed by atoms with E-state index in [0.29, 0.717) is 13.0 Å². The number of halogens is 1. The highest BCUT2D eigenvalue weighted by Gasteiger charge is 2.25. The molecule has 2 aromatic rings. The van der Waals surface area contributed by atoms with Crippen molar-refractivity contribution in [1.82, 2.24) is 0 Å². The van der Waals surface area contributed by atoms with E-state index < -0.39 is 0 Å². The molecule has 0 saturated heterocycles. The molecule has 0 aromatic heterocycles. The van der Waals surface area contributed by atoms with E-state index in [1.165, 1.54) is 6.07 Å². The number of hydrogen-bond acceptors (Lipinski definition) is 2. The molecule has 2 nitrogen and oxygen atoms in total. The molecule has 2 aromatic carbocycles. The molecule has 0 unspecified atom stereocenters. The molecule has 0 aliphatic carbocycles. The Labute approximate surface area is 112 Å². The maximum atomic E-state index is 13.8. The standard InChI is InChI=1S/C16H16FNO/c1-10-3-2-4-11(5-10)15-8-13(17)6-12-7-14(9-18)19-16(12)15/h2-6,8,14H,7,9,18H2,1H3/t14-/m0/s1. The Bertz CT molecular complexity index is 624. The van der Waals surface area contributed by atoms with Crippen LogP contribution in [0.3, 0.4) is 0 Å². The average molecular weight is 257 g/mol. The van der Waals surface area contributed by atoms with Gasteiger partial charge in [-0.15, -0.1) is 0 Å². The van der Waals surface area contributed by atoms with Crippen molar-refractivity contribution in [2.75, 3.05) is 6.54 Å². The zero-order valence-electron chi connectivity index (χ0n) is 10.8. The van der Waals surface area contributed by atoms with Crippen LogP contribution in [0.4, 0.5) is 4.39 Å². The summed E-state index contributed by atoms with van der Waals surface area (Å²) in [6.07, 6.45) is 0.642. The van der Waals surface area contributed by atoms with Gasteiger partial charge in [0.15, 0.2) is 0 Å². The third kappa shape index (κ3) is 2.22. The van der Waals surface area contributed by atoms with Crippen LogP contribution in [0.2, 0.25) is 0 Å². The molecule has 1 heterocycles. The maximum Gasteiger partial charge on any atom is 0.131 e. The Morgan fingerprint density at radius 2 is 2.16 bits per heavy atom. The molecule has 1 atom stereocenters. The molecule has 1 aliphatic heterocycles. The number of rotatable bonds is 2. The predicted molar refractivity (Wildman–Crippen MR) is 73.7 cm³/mol. The van der Waals surface area contributed by atoms with Crippen LogP contribution in [0.1, 0.15) is 11.1 Å². The van der Waals surface area contributed by atoms with Gasteiger partial charge in [-0.05, 0) is 24.6 Å². The highest BCUT2D eigenvalue weighted by Crippen LogP contribution is 2.39. The smallest absolute Gasteiger partial charge is 0.131 e. The second-order valence-electron chi connectivity index (χ2n) is 4.99. The monoisotopic (exact) mass is 257 g/mol. The molecule has 98 valence electrons. The summed E-state index contributed by atoms with van der Waals surface area (Å²) in [6.45, 7) is 2.47. The number of nitrogens with two attached hydrogens (primary N) is 1. The Morgan fingerprint density at radius 1 is 1.32 bits per heavy atom. The Hall–Kier alpha value is -1.87. The van der Waals surface area contributed by atoms with Crippen LogP contribution in [0.5, 0.6) is 5.75 Å². The number of benzene rings is 2. The SMILES string of the molecule is Cc1cccc(-c2cc(F)cc3c2O[C@H](CN)C3)c1. The van der Waals surface area contributed by atoms with Crippen LogP contribution >= 0.6 is 0 Å². The normalized spacial score (nSPS) is 17.1. The lowest BCUT2D eigenvalue weighted by atomic mass is 9.99. The summed E-state index contributed by atoms with van der Waals surface area (Å²) >= 11 is 0. The summed E-state index contributed by atoms with van der Waals surface area (Å²) in [7, 11) is 0. The van der Waals surface area contributed by atoms with Crippen LogP contribution in [-0.2, 0) is 6.42 Å². The van der Waals surface area contributed by atoms with Crippen molar-refractivity contribution in [2.24, 2.45) is 5.73 Å². The van der Waals surface area contributed by atoms with Gasteiger partial charge in [-0.25, -0.2) is 4.39 Å². The van der Waals surface area contributed by atoms with Crippen molar-refractivity contribution in [3.8, 4) is 16.9 Å². The molecule has 1 aliphatic rings. The highest BCUT2D eigenvalue weighted by atomic mass is 19.1. The van der Waals surface area contributed by atoms with Gasteiger partial charge in [0.2, 0.25) is 0 Å². The van der Waals surface area contributed by atoms with E-state index in [4.69, 9.17) is 10.5 Å². The van der Waals surface area contributed by atoms with Crippen molar-refractivity contribution in [2.45, 2.75) is 19.4 Å². The van der Waals surface area contributed by atoms with Crippen LogP contribution in [-0.4, -0.2) is 12.6 Å². The molecule has 19 heavy (non-hydrogen) atoms. The van der Waals surface area contributed by atoms with E-state index in [2.05, 4.69) is 0 Å². The first-order valence-corrected chi connectivity index (χ1v) is 6.43. The summed E-state index contributed by atoms with van der Waals surface area (Å²) in [5.41, 5.74) is 9.49. The number of hydrogen-bond donors (Lipinski definition) is 1. The first kappa shape index (κ1) is 12.2. The fourth-order valence-electron chi connectivity index (χ4n) is 2.55. The number of ether oxygens (including phenoxy) is 1. The van der Waals surface area contributed by atoms with Gasteiger partial charge in [-0.1, -0.05) is 29.8 Å². The zero-order valence-corrected chi connectivity index (χ0v) is 10.8.